The highest BCUT2D eigenvalue weighted by Gasteiger charge is 2.10. The summed E-state index contributed by atoms with van der Waals surface area (Å²) >= 11 is 7.69. The maximum atomic E-state index is 12.2. The van der Waals surface area contributed by atoms with E-state index in [0.29, 0.717) is 17.3 Å². The molecule has 0 spiro atoms. The monoisotopic (exact) mass is 318 g/mol. The summed E-state index contributed by atoms with van der Waals surface area (Å²) in [7, 11) is 0. The number of aromatic amines is 1. The topological polar surface area (TPSA) is 44.9 Å². The van der Waals surface area contributed by atoms with E-state index >= 15 is 0 Å². The zero-order valence-corrected chi connectivity index (χ0v) is 13.1. The third-order valence-corrected chi connectivity index (χ3v) is 4.78. The van der Waals surface area contributed by atoms with Crippen molar-refractivity contribution in [1.29, 1.82) is 0 Å². The molecule has 3 nitrogen and oxygen atoms in total. The Kier molecular flexibility index (Phi) is 3.99. The number of rotatable bonds is 4. The summed E-state index contributed by atoms with van der Waals surface area (Å²) in [6.07, 6.45) is 1.03. The number of thiophene rings is 1. The molecule has 0 aliphatic carbocycles. The Morgan fingerprint density at radius 3 is 2.81 bits per heavy atom. The molecule has 0 fully saturated rings. The molecule has 0 unspecified atom stereocenters. The zero-order chi connectivity index (χ0) is 14.8. The fourth-order valence-electron chi connectivity index (χ4n) is 2.20. The van der Waals surface area contributed by atoms with Crippen molar-refractivity contribution in [2.24, 2.45) is 0 Å². The Balaban J connectivity index is 1.71. The maximum absolute atomic E-state index is 12.2. The van der Waals surface area contributed by atoms with Gasteiger partial charge in [0, 0.05) is 25.7 Å². The lowest BCUT2D eigenvalue weighted by molar-refractivity contribution is 0.0947. The number of amides is 1. The molecule has 0 radical (unpaired) electrons. The van der Waals surface area contributed by atoms with Gasteiger partial charge in [-0.2, -0.15) is 0 Å². The van der Waals surface area contributed by atoms with E-state index in [1.165, 1.54) is 9.75 Å². The summed E-state index contributed by atoms with van der Waals surface area (Å²) in [5.41, 5.74) is 1.47. The lowest BCUT2D eigenvalue weighted by Crippen LogP contribution is -2.22. The van der Waals surface area contributed by atoms with Gasteiger partial charge >= 0.3 is 0 Å². The van der Waals surface area contributed by atoms with Crippen molar-refractivity contribution in [3.05, 3.63) is 56.9 Å². The second-order valence-electron chi connectivity index (χ2n) is 4.82. The molecule has 0 aliphatic heterocycles. The van der Waals surface area contributed by atoms with Crippen LogP contribution in [0.15, 0.2) is 36.4 Å². The van der Waals surface area contributed by atoms with E-state index in [1.807, 2.05) is 18.2 Å². The maximum Gasteiger partial charge on any atom is 0.268 e. The number of carbonyl (C=O) groups is 1. The number of hydrogen-bond donors (Lipinski definition) is 2. The predicted molar refractivity (Wildman–Crippen MR) is 88.2 cm³/mol. The number of benzene rings is 1. The number of aryl methyl sites for hydroxylation is 1. The van der Waals surface area contributed by atoms with Crippen LogP contribution in [-0.4, -0.2) is 10.9 Å². The summed E-state index contributed by atoms with van der Waals surface area (Å²) in [5.74, 6) is -0.103. The Hall–Kier alpha value is -1.78. The summed E-state index contributed by atoms with van der Waals surface area (Å²) in [4.78, 5) is 17.8. The molecule has 3 rings (SSSR count). The Labute approximate surface area is 131 Å². The molecule has 3 aromatic rings. The first-order valence-electron chi connectivity index (χ1n) is 6.80. The van der Waals surface area contributed by atoms with Crippen molar-refractivity contribution in [2.45, 2.75) is 19.9 Å². The second-order valence-corrected chi connectivity index (χ2v) is 6.51. The van der Waals surface area contributed by atoms with E-state index in [0.717, 1.165) is 17.3 Å². The molecule has 0 aliphatic rings. The molecule has 2 aromatic heterocycles. The largest absolute Gasteiger partial charge is 0.351 e. The average Bonchev–Trinajstić information content (AvgIpc) is 3.10. The normalized spacial score (nSPS) is 11.0. The molecular weight excluding hydrogens is 304 g/mol. The van der Waals surface area contributed by atoms with Crippen LogP contribution < -0.4 is 5.32 Å². The van der Waals surface area contributed by atoms with Gasteiger partial charge in [0.25, 0.3) is 5.91 Å². The molecule has 2 N–H and O–H groups in total. The van der Waals surface area contributed by atoms with Crippen molar-refractivity contribution in [1.82, 2.24) is 10.3 Å². The highest BCUT2D eigenvalue weighted by atomic mass is 35.5. The number of halogens is 1. The fourth-order valence-corrected chi connectivity index (χ4v) is 3.27. The second kappa shape index (κ2) is 5.92. The molecule has 5 heteroatoms. The van der Waals surface area contributed by atoms with Crippen LogP contribution >= 0.6 is 22.9 Å². The first-order valence-corrected chi connectivity index (χ1v) is 7.99. The molecule has 21 heavy (non-hydrogen) atoms. The standard InChI is InChI=1S/C16H15ClN2OS/c1-2-12-4-5-13(21-12)9-18-16(20)15-8-10-7-11(17)3-6-14(10)19-15/h3-8,19H,2,9H2,1H3,(H,18,20). The van der Waals surface area contributed by atoms with Gasteiger partial charge in [-0.15, -0.1) is 11.3 Å². The van der Waals surface area contributed by atoms with Gasteiger partial charge in [-0.05, 0) is 42.8 Å². The SMILES string of the molecule is CCc1ccc(CNC(=O)c2cc3cc(Cl)ccc3[nH]2)s1. The quantitative estimate of drug-likeness (QED) is 0.737. The molecule has 2 heterocycles. The van der Waals surface area contributed by atoms with E-state index < -0.39 is 0 Å². The van der Waals surface area contributed by atoms with E-state index in [9.17, 15) is 4.79 Å². The van der Waals surface area contributed by atoms with Crippen LogP contribution in [-0.2, 0) is 13.0 Å². The van der Waals surface area contributed by atoms with E-state index in [1.54, 1.807) is 17.4 Å². The van der Waals surface area contributed by atoms with E-state index in [2.05, 4.69) is 29.4 Å². The predicted octanol–water partition coefficient (Wildman–Crippen LogP) is 4.38. The highest BCUT2D eigenvalue weighted by molar-refractivity contribution is 7.11. The molecule has 108 valence electrons. The van der Waals surface area contributed by atoms with Gasteiger partial charge in [0.1, 0.15) is 5.69 Å². The fraction of sp³-hybridized carbons (Fsp3) is 0.188. The van der Waals surface area contributed by atoms with Gasteiger partial charge in [0.15, 0.2) is 0 Å². The minimum Gasteiger partial charge on any atom is -0.351 e. The number of carbonyl (C=O) groups excluding carboxylic acids is 1. The smallest absolute Gasteiger partial charge is 0.268 e. The Morgan fingerprint density at radius 1 is 1.24 bits per heavy atom. The van der Waals surface area contributed by atoms with Crippen molar-refractivity contribution in [3.8, 4) is 0 Å². The average molecular weight is 319 g/mol. The van der Waals surface area contributed by atoms with Gasteiger partial charge in [-0.3, -0.25) is 4.79 Å². The zero-order valence-electron chi connectivity index (χ0n) is 11.6. The molecule has 0 bridgehead atoms. The van der Waals surface area contributed by atoms with Crippen molar-refractivity contribution in [3.63, 3.8) is 0 Å². The van der Waals surface area contributed by atoms with Gasteiger partial charge in [0.05, 0.1) is 6.54 Å². The third kappa shape index (κ3) is 3.12. The number of aromatic nitrogens is 1. The molecule has 0 saturated heterocycles. The molecule has 0 atom stereocenters. The highest BCUT2D eigenvalue weighted by Crippen LogP contribution is 2.20. The Morgan fingerprint density at radius 2 is 2.05 bits per heavy atom. The first-order chi connectivity index (χ1) is 10.2. The van der Waals surface area contributed by atoms with Crippen LogP contribution in [0.25, 0.3) is 10.9 Å². The van der Waals surface area contributed by atoms with Crippen LogP contribution in [0, 0.1) is 0 Å². The van der Waals surface area contributed by atoms with Gasteiger partial charge in [-0.25, -0.2) is 0 Å². The minimum absolute atomic E-state index is 0.103. The first kappa shape index (κ1) is 14.2. The van der Waals surface area contributed by atoms with E-state index in [-0.39, 0.29) is 5.91 Å². The van der Waals surface area contributed by atoms with Gasteiger partial charge in [-0.1, -0.05) is 18.5 Å². The minimum atomic E-state index is -0.103. The third-order valence-electron chi connectivity index (χ3n) is 3.32. The van der Waals surface area contributed by atoms with Crippen LogP contribution in [0.3, 0.4) is 0 Å². The van der Waals surface area contributed by atoms with Crippen LogP contribution in [0.5, 0.6) is 0 Å². The van der Waals surface area contributed by atoms with Gasteiger partial charge in [0.2, 0.25) is 0 Å². The molecular formula is C16H15ClN2OS. The van der Waals surface area contributed by atoms with Crippen molar-refractivity contribution < 1.29 is 4.79 Å². The Bertz CT molecular complexity index is 791. The number of H-pyrrole nitrogens is 1. The van der Waals surface area contributed by atoms with Crippen molar-refractivity contribution in [2.75, 3.05) is 0 Å². The van der Waals surface area contributed by atoms with Crippen molar-refractivity contribution >= 4 is 39.7 Å². The molecule has 1 amide bonds. The van der Waals surface area contributed by atoms with Crippen LogP contribution in [0.1, 0.15) is 27.2 Å². The number of fused-ring (bicyclic) bond motifs is 1. The van der Waals surface area contributed by atoms with Crippen LogP contribution in [0.2, 0.25) is 5.02 Å². The lowest BCUT2D eigenvalue weighted by atomic mass is 10.2. The summed E-state index contributed by atoms with van der Waals surface area (Å²) in [5, 5.41) is 4.54. The van der Waals surface area contributed by atoms with Crippen LogP contribution in [0.4, 0.5) is 0 Å². The van der Waals surface area contributed by atoms with Gasteiger partial charge < -0.3 is 10.3 Å². The molecule has 1 aromatic carbocycles. The molecule has 0 saturated carbocycles. The summed E-state index contributed by atoms with van der Waals surface area (Å²) in [6.45, 7) is 2.68. The summed E-state index contributed by atoms with van der Waals surface area (Å²) < 4.78 is 0. The number of hydrogen-bond acceptors (Lipinski definition) is 2. The lowest BCUT2D eigenvalue weighted by Gasteiger charge is -2.01. The number of nitrogens with one attached hydrogen (secondary N) is 2. The van der Waals surface area contributed by atoms with E-state index in [4.69, 9.17) is 11.6 Å². The summed E-state index contributed by atoms with van der Waals surface area (Å²) in [6, 6.07) is 11.5.